The summed E-state index contributed by atoms with van der Waals surface area (Å²) in [5.41, 5.74) is -0.541. The minimum Gasteiger partial charge on any atom is -0.481 e. The molecule has 1 aromatic rings. The third kappa shape index (κ3) is 4.69. The highest BCUT2D eigenvalue weighted by Crippen LogP contribution is 2.25. The average Bonchev–Trinajstić information content (AvgIpc) is 2.28. The van der Waals surface area contributed by atoms with E-state index in [4.69, 9.17) is 10.4 Å². The van der Waals surface area contributed by atoms with Crippen molar-refractivity contribution in [3.05, 3.63) is 29.6 Å². The van der Waals surface area contributed by atoms with Crippen LogP contribution in [0.15, 0.2) is 18.2 Å². The van der Waals surface area contributed by atoms with Crippen LogP contribution in [0.3, 0.4) is 0 Å². The van der Waals surface area contributed by atoms with Crippen molar-refractivity contribution in [2.24, 2.45) is 5.41 Å². The van der Waals surface area contributed by atoms with E-state index >= 15 is 0 Å². The van der Waals surface area contributed by atoms with E-state index in [2.05, 4.69) is 5.32 Å². The molecule has 0 unspecified atom stereocenters. The van der Waals surface area contributed by atoms with Gasteiger partial charge in [-0.25, -0.2) is 4.39 Å². The summed E-state index contributed by atoms with van der Waals surface area (Å²) in [6, 6.07) is 5.35. The second-order valence-electron chi connectivity index (χ2n) is 5.27. The standard InChI is InChI=1S/C14H15FN2O3/c1-14(2,7-13(19)20)6-12(18)17-10-3-4-11(15)9(5-10)8-16/h3-5H,6-7H2,1-2H3,(H,17,18)(H,19,20). The van der Waals surface area contributed by atoms with Crippen molar-refractivity contribution in [1.82, 2.24) is 0 Å². The maximum Gasteiger partial charge on any atom is 0.303 e. The molecular weight excluding hydrogens is 263 g/mol. The van der Waals surface area contributed by atoms with Crippen LogP contribution in [0.4, 0.5) is 10.1 Å². The van der Waals surface area contributed by atoms with Crippen LogP contribution in [-0.4, -0.2) is 17.0 Å². The topological polar surface area (TPSA) is 90.2 Å². The predicted octanol–water partition coefficient (Wildman–Crippen LogP) is 2.53. The van der Waals surface area contributed by atoms with Gasteiger partial charge in [-0.05, 0) is 23.6 Å². The van der Waals surface area contributed by atoms with Crippen LogP contribution in [0.25, 0.3) is 0 Å². The Balaban J connectivity index is 2.72. The van der Waals surface area contributed by atoms with Gasteiger partial charge in [-0.3, -0.25) is 9.59 Å². The molecule has 106 valence electrons. The van der Waals surface area contributed by atoms with Crippen LogP contribution >= 0.6 is 0 Å². The highest BCUT2D eigenvalue weighted by Gasteiger charge is 2.25. The molecule has 6 heteroatoms. The van der Waals surface area contributed by atoms with Crippen molar-refractivity contribution in [1.29, 1.82) is 5.26 Å². The number of benzene rings is 1. The second kappa shape index (κ2) is 6.15. The molecular formula is C14H15FN2O3. The van der Waals surface area contributed by atoms with Gasteiger partial charge < -0.3 is 10.4 Å². The van der Waals surface area contributed by atoms with Gasteiger partial charge in [-0.15, -0.1) is 0 Å². The minimum absolute atomic E-state index is 0.0125. The van der Waals surface area contributed by atoms with Crippen LogP contribution in [0.5, 0.6) is 0 Å². The Bertz CT molecular complexity index is 576. The number of carbonyl (C=O) groups is 2. The Morgan fingerprint density at radius 1 is 1.40 bits per heavy atom. The molecule has 0 bridgehead atoms. The van der Waals surface area contributed by atoms with Crippen molar-refractivity contribution < 1.29 is 19.1 Å². The fourth-order valence-corrected chi connectivity index (χ4v) is 1.80. The van der Waals surface area contributed by atoms with Gasteiger partial charge in [-0.1, -0.05) is 13.8 Å². The fraction of sp³-hybridized carbons (Fsp3) is 0.357. The average molecular weight is 278 g/mol. The van der Waals surface area contributed by atoms with Gasteiger partial charge in [0, 0.05) is 12.1 Å². The molecule has 0 spiro atoms. The number of carboxylic acid groups (broad SMARTS) is 1. The van der Waals surface area contributed by atoms with E-state index in [9.17, 15) is 14.0 Å². The number of nitrogens with zero attached hydrogens (tertiary/aromatic N) is 1. The van der Waals surface area contributed by atoms with Crippen molar-refractivity contribution >= 4 is 17.6 Å². The molecule has 0 heterocycles. The second-order valence-corrected chi connectivity index (χ2v) is 5.27. The Labute approximate surface area is 116 Å². The predicted molar refractivity (Wildman–Crippen MR) is 70.4 cm³/mol. The SMILES string of the molecule is CC(C)(CC(=O)O)CC(=O)Nc1ccc(F)c(C#N)c1. The number of carboxylic acids is 1. The third-order valence-corrected chi connectivity index (χ3v) is 2.64. The largest absolute Gasteiger partial charge is 0.481 e. The van der Waals surface area contributed by atoms with E-state index in [1.807, 2.05) is 0 Å². The third-order valence-electron chi connectivity index (χ3n) is 2.64. The number of aliphatic carboxylic acids is 1. The molecule has 0 aliphatic carbocycles. The van der Waals surface area contributed by atoms with E-state index in [1.165, 1.54) is 12.1 Å². The van der Waals surface area contributed by atoms with E-state index in [0.717, 1.165) is 6.07 Å². The van der Waals surface area contributed by atoms with E-state index in [0.29, 0.717) is 5.69 Å². The zero-order valence-corrected chi connectivity index (χ0v) is 11.2. The molecule has 1 aromatic carbocycles. The molecule has 1 amide bonds. The first-order valence-electron chi connectivity index (χ1n) is 5.95. The number of anilines is 1. The van der Waals surface area contributed by atoms with Gasteiger partial charge in [0.15, 0.2) is 0 Å². The van der Waals surface area contributed by atoms with E-state index in [-0.39, 0.29) is 24.3 Å². The van der Waals surface area contributed by atoms with Crippen molar-refractivity contribution in [3.63, 3.8) is 0 Å². The smallest absolute Gasteiger partial charge is 0.303 e. The van der Waals surface area contributed by atoms with Crippen LogP contribution in [-0.2, 0) is 9.59 Å². The van der Waals surface area contributed by atoms with E-state index in [1.54, 1.807) is 19.9 Å². The summed E-state index contributed by atoms with van der Waals surface area (Å²) in [5, 5.41) is 20.0. The Morgan fingerprint density at radius 2 is 2.05 bits per heavy atom. The van der Waals surface area contributed by atoms with Gasteiger partial charge in [0.25, 0.3) is 0 Å². The summed E-state index contributed by atoms with van der Waals surface area (Å²) < 4.78 is 13.1. The number of hydrogen-bond acceptors (Lipinski definition) is 3. The van der Waals surface area contributed by atoms with Crippen molar-refractivity contribution in [3.8, 4) is 6.07 Å². The first kappa shape index (κ1) is 15.6. The monoisotopic (exact) mass is 278 g/mol. The zero-order valence-electron chi connectivity index (χ0n) is 11.2. The van der Waals surface area contributed by atoms with Crippen LogP contribution in [0.2, 0.25) is 0 Å². The van der Waals surface area contributed by atoms with Crippen LogP contribution < -0.4 is 5.32 Å². The Morgan fingerprint density at radius 3 is 2.60 bits per heavy atom. The van der Waals surface area contributed by atoms with Gasteiger partial charge in [0.2, 0.25) is 5.91 Å². The molecule has 0 saturated heterocycles. The van der Waals surface area contributed by atoms with Gasteiger partial charge >= 0.3 is 5.97 Å². The van der Waals surface area contributed by atoms with Crippen molar-refractivity contribution in [2.75, 3.05) is 5.32 Å². The molecule has 0 aliphatic rings. The summed E-state index contributed by atoms with van der Waals surface area (Å²) >= 11 is 0. The first-order chi connectivity index (χ1) is 9.23. The lowest BCUT2D eigenvalue weighted by atomic mass is 9.85. The lowest BCUT2D eigenvalue weighted by molar-refractivity contribution is -0.139. The molecule has 0 saturated carbocycles. The van der Waals surface area contributed by atoms with Gasteiger partial charge in [0.1, 0.15) is 11.9 Å². The summed E-state index contributed by atoms with van der Waals surface area (Å²) in [6.45, 7) is 3.35. The molecule has 5 nitrogen and oxygen atoms in total. The van der Waals surface area contributed by atoms with Crippen LogP contribution in [0.1, 0.15) is 32.3 Å². The lowest BCUT2D eigenvalue weighted by Gasteiger charge is -2.21. The zero-order chi connectivity index (χ0) is 15.3. The summed E-state index contributed by atoms with van der Waals surface area (Å²) in [7, 11) is 0. The summed E-state index contributed by atoms with van der Waals surface area (Å²) in [6.07, 6.45) is -0.119. The molecule has 0 aliphatic heterocycles. The minimum atomic E-state index is -0.976. The van der Waals surface area contributed by atoms with Gasteiger partial charge in [-0.2, -0.15) is 5.26 Å². The Hall–Kier alpha value is -2.42. The number of nitriles is 1. The quantitative estimate of drug-likeness (QED) is 0.865. The highest BCUT2D eigenvalue weighted by atomic mass is 19.1. The number of rotatable bonds is 5. The summed E-state index contributed by atoms with van der Waals surface area (Å²) in [4.78, 5) is 22.5. The van der Waals surface area contributed by atoms with Gasteiger partial charge in [0.05, 0.1) is 12.0 Å². The van der Waals surface area contributed by atoms with Crippen LogP contribution in [0, 0.1) is 22.6 Å². The van der Waals surface area contributed by atoms with E-state index < -0.39 is 17.2 Å². The normalized spacial score (nSPS) is 10.7. The molecule has 0 radical (unpaired) electrons. The summed E-state index contributed by atoms with van der Waals surface area (Å²) in [5.74, 6) is -2.01. The number of hydrogen-bond donors (Lipinski definition) is 2. The number of nitrogens with one attached hydrogen (secondary N) is 1. The maximum absolute atomic E-state index is 13.1. The maximum atomic E-state index is 13.1. The Kier molecular flexibility index (Phi) is 4.81. The van der Waals surface area contributed by atoms with Crippen molar-refractivity contribution in [2.45, 2.75) is 26.7 Å². The number of amides is 1. The first-order valence-corrected chi connectivity index (χ1v) is 5.95. The molecule has 2 N–H and O–H groups in total. The molecule has 0 aromatic heterocycles. The number of carbonyl (C=O) groups excluding carboxylic acids is 1. The fourth-order valence-electron chi connectivity index (χ4n) is 1.80. The molecule has 1 rings (SSSR count). The highest BCUT2D eigenvalue weighted by molar-refractivity contribution is 5.91. The molecule has 0 atom stereocenters. The molecule has 0 fully saturated rings. The molecule has 20 heavy (non-hydrogen) atoms. The number of halogens is 1. The lowest BCUT2D eigenvalue weighted by Crippen LogP contribution is -2.24.